The minimum absolute atomic E-state index is 0.155. The largest absolute Gasteiger partial charge is 0.361 e. The van der Waals surface area contributed by atoms with Crippen LogP contribution in [0.4, 0.5) is 11.4 Å². The lowest BCUT2D eigenvalue weighted by Gasteiger charge is -2.28. The number of carbonyl (C=O) groups is 2. The number of carbonyl (C=O) groups excluding carboxylic acids is 3. The maximum absolute atomic E-state index is 14.3. The van der Waals surface area contributed by atoms with E-state index in [0.29, 0.717) is 50.0 Å². The third-order valence-electron chi connectivity index (χ3n) is 10.2. The Morgan fingerprint density at radius 1 is 0.833 bits per heavy atom. The van der Waals surface area contributed by atoms with E-state index in [-0.39, 0.29) is 17.7 Å². The molecule has 5 aromatic carbocycles. The van der Waals surface area contributed by atoms with Crippen molar-refractivity contribution in [3.8, 4) is 0 Å². The van der Waals surface area contributed by atoms with Gasteiger partial charge >= 0.3 is 0 Å². The number of Topliss-reactive ketones (excluding diaryl/α,β-unsaturated/α-hetero) is 1. The number of benzene rings is 5. The van der Waals surface area contributed by atoms with E-state index in [0.717, 1.165) is 37.7 Å². The maximum atomic E-state index is 14.3. The molecule has 0 saturated heterocycles. The van der Waals surface area contributed by atoms with Crippen molar-refractivity contribution >= 4 is 69.9 Å². The summed E-state index contributed by atoms with van der Waals surface area (Å²) >= 11 is 12.8. The summed E-state index contributed by atoms with van der Waals surface area (Å²) < 4.78 is 0. The quantitative estimate of drug-likeness (QED) is 0.124. The molecule has 0 radical (unpaired) electrons. The fourth-order valence-electron chi connectivity index (χ4n) is 7.42. The summed E-state index contributed by atoms with van der Waals surface area (Å²) in [6.45, 7) is 3.73. The molecule has 3 aliphatic rings. The summed E-state index contributed by atoms with van der Waals surface area (Å²) in [4.78, 5) is 39.3. The summed E-state index contributed by atoms with van der Waals surface area (Å²) in [5.74, 6) is 1.25. The third kappa shape index (κ3) is 7.01. The molecule has 268 valence electrons. The first-order valence-electron chi connectivity index (χ1n) is 17.7. The molecule has 1 amide bonds. The molecule has 0 spiro atoms. The van der Waals surface area contributed by atoms with E-state index in [1.165, 1.54) is 5.56 Å². The molecular weight excluding hydrogens is 713 g/mol. The zero-order valence-electron chi connectivity index (χ0n) is 30.0. The fraction of sp³-hybridized carbons (Fsp3) is 0.130. The van der Waals surface area contributed by atoms with Gasteiger partial charge in [0.25, 0.3) is 5.91 Å². The Morgan fingerprint density at radius 2 is 1.59 bits per heavy atom. The summed E-state index contributed by atoms with van der Waals surface area (Å²) in [5, 5.41) is 14.3. The molecule has 0 fully saturated rings. The van der Waals surface area contributed by atoms with E-state index in [1.54, 1.807) is 42.5 Å². The van der Waals surface area contributed by atoms with E-state index >= 15 is 0 Å². The molecule has 8 heteroatoms. The molecule has 8 rings (SSSR count). The number of allylic oxidation sites excluding steroid dienone is 3. The van der Waals surface area contributed by atoms with Crippen molar-refractivity contribution in [2.24, 2.45) is 5.92 Å². The lowest BCUT2D eigenvalue weighted by molar-refractivity contribution is 0.102. The number of hydrogen-bond acceptors (Lipinski definition) is 5. The van der Waals surface area contributed by atoms with E-state index in [1.807, 2.05) is 75.6 Å². The predicted octanol–water partition coefficient (Wildman–Crippen LogP) is 8.52. The summed E-state index contributed by atoms with van der Waals surface area (Å²) in [6, 6.07) is 30.0. The Bertz CT molecular complexity index is 2690. The lowest BCUT2D eigenvalue weighted by Crippen LogP contribution is -2.34. The Kier molecular flexibility index (Phi) is 10.6. The zero-order chi connectivity index (χ0) is 37.9. The van der Waals surface area contributed by atoms with Gasteiger partial charge in [-0.15, -0.1) is 0 Å². The van der Waals surface area contributed by atoms with Crippen molar-refractivity contribution in [3.63, 3.8) is 0 Å². The molecule has 0 bridgehead atoms. The van der Waals surface area contributed by atoms with Crippen LogP contribution in [0.25, 0.3) is 17.7 Å². The Labute approximate surface area is 323 Å². The van der Waals surface area contributed by atoms with E-state index in [4.69, 9.17) is 23.2 Å². The minimum Gasteiger partial charge on any atom is -0.361 e. The molecule has 2 aliphatic carbocycles. The first-order valence-corrected chi connectivity index (χ1v) is 18.4. The van der Waals surface area contributed by atoms with Gasteiger partial charge in [-0.05, 0) is 106 Å². The summed E-state index contributed by atoms with van der Waals surface area (Å²) in [7, 11) is 1.89. The van der Waals surface area contributed by atoms with Crippen LogP contribution in [0.5, 0.6) is 0 Å². The first kappa shape index (κ1) is 36.6. The number of rotatable bonds is 5. The van der Waals surface area contributed by atoms with Crippen molar-refractivity contribution in [1.29, 1.82) is 0 Å². The molecule has 2 unspecified atom stereocenters. The number of nitrogens with one attached hydrogen (secondary N) is 3. The molecule has 0 aromatic heterocycles. The molecule has 5 aromatic rings. The van der Waals surface area contributed by atoms with Gasteiger partial charge in [0.1, 0.15) is 5.94 Å². The van der Waals surface area contributed by atoms with E-state index in [9.17, 15) is 14.4 Å². The van der Waals surface area contributed by atoms with Gasteiger partial charge in [0.05, 0.1) is 16.6 Å². The normalized spacial score (nSPS) is 16.1. The molecule has 1 aliphatic heterocycles. The number of aryl methyl sites for hydroxylation is 1. The molecular formula is C46H37Cl2N3O3. The van der Waals surface area contributed by atoms with Gasteiger partial charge in [0, 0.05) is 51.6 Å². The SMILES string of the molecule is C1=CNc2ccccc2C=C1.CNC1C=c2c(Cl)cccc2=c2ccc3c(c21)CC(=C=O)C(C)C=3C(=O)c1ccc(NC(=O)c2ccccc2Cl)cc1C. The van der Waals surface area contributed by atoms with Crippen molar-refractivity contribution in [2.45, 2.75) is 26.3 Å². The van der Waals surface area contributed by atoms with Crippen LogP contribution in [0, 0.1) is 23.3 Å². The Morgan fingerprint density at radius 3 is 2.37 bits per heavy atom. The highest BCUT2D eigenvalue weighted by Crippen LogP contribution is 2.34. The standard InChI is InChI=1S/C36H28Cl2N2O3.C10H9N/c1-19-15-22(40-36(43)27-7-4-5-9-30(27)37)11-12-23(19)35(42)33-20(2)21(18-41)16-29-26(33)14-13-25-24-8-6-10-31(38)28(24)17-32(39-3)34(25)29;1-2-7-10-9(5-1)6-3-4-8-11-10/h4-15,17,20,32,39H,16H2,1-3H3,(H,40,43);1-8,11H. The minimum atomic E-state index is -0.406. The van der Waals surface area contributed by atoms with Gasteiger partial charge in [0.2, 0.25) is 0 Å². The summed E-state index contributed by atoms with van der Waals surface area (Å²) in [6.07, 6.45) is 10.5. The molecule has 3 N–H and O–H groups in total. The number of halogens is 2. The van der Waals surface area contributed by atoms with Crippen molar-refractivity contribution in [2.75, 3.05) is 17.7 Å². The van der Waals surface area contributed by atoms with Crippen LogP contribution in [-0.4, -0.2) is 24.7 Å². The van der Waals surface area contributed by atoms with Gasteiger partial charge in [-0.2, -0.15) is 0 Å². The van der Waals surface area contributed by atoms with Gasteiger partial charge in [-0.3, -0.25) is 9.59 Å². The van der Waals surface area contributed by atoms with Crippen LogP contribution in [0.15, 0.2) is 121 Å². The van der Waals surface area contributed by atoms with Crippen LogP contribution in [-0.2, 0) is 11.2 Å². The van der Waals surface area contributed by atoms with Crippen LogP contribution in [0.2, 0.25) is 10.0 Å². The average Bonchev–Trinajstić information content (AvgIpc) is 3.43. The van der Waals surface area contributed by atoms with Crippen molar-refractivity contribution in [3.05, 3.63) is 185 Å². The Hall–Kier alpha value is -5.75. The van der Waals surface area contributed by atoms with Gasteiger partial charge in [0.15, 0.2) is 5.78 Å². The number of ketones is 1. The number of hydrogen-bond donors (Lipinski definition) is 3. The average molecular weight is 751 g/mol. The zero-order valence-corrected chi connectivity index (χ0v) is 31.5. The number of amides is 1. The monoisotopic (exact) mass is 749 g/mol. The van der Waals surface area contributed by atoms with Gasteiger partial charge in [-0.1, -0.05) is 103 Å². The molecule has 2 atom stereocenters. The van der Waals surface area contributed by atoms with Gasteiger partial charge in [-0.25, -0.2) is 4.79 Å². The number of para-hydroxylation sites is 1. The van der Waals surface area contributed by atoms with E-state index < -0.39 is 5.92 Å². The van der Waals surface area contributed by atoms with E-state index in [2.05, 4.69) is 52.2 Å². The number of fused-ring (bicyclic) bond motifs is 5. The molecule has 54 heavy (non-hydrogen) atoms. The third-order valence-corrected chi connectivity index (χ3v) is 10.8. The highest BCUT2D eigenvalue weighted by atomic mass is 35.5. The molecule has 0 saturated carbocycles. The van der Waals surface area contributed by atoms with Crippen LogP contribution < -0.4 is 26.4 Å². The first-order chi connectivity index (χ1) is 26.2. The molecule has 1 heterocycles. The second kappa shape index (κ2) is 15.7. The smallest absolute Gasteiger partial charge is 0.257 e. The second-order valence-electron chi connectivity index (χ2n) is 13.4. The molecule has 6 nitrogen and oxygen atoms in total. The van der Waals surface area contributed by atoms with Crippen LogP contribution in [0.3, 0.4) is 0 Å². The highest BCUT2D eigenvalue weighted by molar-refractivity contribution is 6.34. The Balaban J connectivity index is 0.000000348. The van der Waals surface area contributed by atoms with Crippen LogP contribution >= 0.6 is 23.2 Å². The second-order valence-corrected chi connectivity index (χ2v) is 14.2. The van der Waals surface area contributed by atoms with Crippen molar-refractivity contribution < 1.29 is 14.4 Å². The highest BCUT2D eigenvalue weighted by Gasteiger charge is 2.32. The van der Waals surface area contributed by atoms with Gasteiger partial charge < -0.3 is 16.0 Å². The summed E-state index contributed by atoms with van der Waals surface area (Å²) in [5.41, 5.74) is 7.60. The maximum Gasteiger partial charge on any atom is 0.257 e. The topological polar surface area (TPSA) is 87.3 Å². The number of anilines is 2. The van der Waals surface area contributed by atoms with Crippen molar-refractivity contribution in [1.82, 2.24) is 5.32 Å². The lowest BCUT2D eigenvalue weighted by atomic mass is 9.75. The predicted molar refractivity (Wildman–Crippen MR) is 220 cm³/mol. The fourth-order valence-corrected chi connectivity index (χ4v) is 7.88. The van der Waals surface area contributed by atoms with Crippen LogP contribution in [0.1, 0.15) is 55.9 Å².